The number of carbonyl (C=O) groups excluding carboxylic acids is 2. The number of halogens is 2. The number of rotatable bonds is 4. The van der Waals surface area contributed by atoms with E-state index < -0.39 is 23.6 Å². The van der Waals surface area contributed by atoms with Crippen molar-refractivity contribution in [3.05, 3.63) is 68.5 Å². The minimum atomic E-state index is -1.04. The van der Waals surface area contributed by atoms with Crippen LogP contribution in [0.2, 0.25) is 0 Å². The molecule has 2 aromatic rings. The molecular formula is C20H21FINO3. The molecule has 0 aromatic heterocycles. The van der Waals surface area contributed by atoms with Crippen LogP contribution in [-0.4, -0.2) is 17.5 Å². The fourth-order valence-electron chi connectivity index (χ4n) is 2.30. The monoisotopic (exact) mass is 469 g/mol. The molecule has 1 amide bonds. The molecule has 1 N–H and O–H groups in total. The number of Topliss-reactive ketones (excluding diaryl/α,β-unsaturated/α-hetero) is 1. The van der Waals surface area contributed by atoms with Crippen molar-refractivity contribution in [2.24, 2.45) is 0 Å². The first kappa shape index (κ1) is 20.4. The van der Waals surface area contributed by atoms with E-state index in [-0.39, 0.29) is 5.78 Å². The van der Waals surface area contributed by atoms with Crippen LogP contribution < -0.4 is 5.32 Å². The average Bonchev–Trinajstić information content (AvgIpc) is 2.54. The second kappa shape index (κ2) is 8.16. The van der Waals surface area contributed by atoms with Gasteiger partial charge in [-0.25, -0.2) is 9.18 Å². The number of amides is 1. The van der Waals surface area contributed by atoms with Gasteiger partial charge in [0.1, 0.15) is 17.5 Å². The molecule has 0 radical (unpaired) electrons. The third-order valence-electron chi connectivity index (χ3n) is 3.58. The van der Waals surface area contributed by atoms with Gasteiger partial charge in [-0.15, -0.1) is 0 Å². The Labute approximate surface area is 166 Å². The molecule has 0 bridgehead atoms. The Balaban J connectivity index is 2.37. The van der Waals surface area contributed by atoms with Crippen LogP contribution in [0, 0.1) is 16.3 Å². The van der Waals surface area contributed by atoms with E-state index in [0.717, 1.165) is 3.57 Å². The van der Waals surface area contributed by atoms with Gasteiger partial charge in [0.25, 0.3) is 0 Å². The van der Waals surface area contributed by atoms with Crippen molar-refractivity contribution in [2.45, 2.75) is 39.3 Å². The van der Waals surface area contributed by atoms with E-state index in [1.54, 1.807) is 64.1 Å². The van der Waals surface area contributed by atoms with Gasteiger partial charge in [0, 0.05) is 9.13 Å². The number of benzene rings is 2. The molecule has 0 saturated heterocycles. The number of hydrogen-bond acceptors (Lipinski definition) is 3. The second-order valence-corrected chi connectivity index (χ2v) is 8.20. The molecule has 2 rings (SSSR count). The van der Waals surface area contributed by atoms with Crippen molar-refractivity contribution < 1.29 is 18.7 Å². The minimum Gasteiger partial charge on any atom is -0.444 e. The molecule has 0 aliphatic heterocycles. The molecule has 1 atom stereocenters. The molecule has 138 valence electrons. The summed E-state index contributed by atoms with van der Waals surface area (Å²) >= 11 is 2.14. The Morgan fingerprint density at radius 1 is 1.12 bits per heavy atom. The maximum atomic E-state index is 14.0. The summed E-state index contributed by atoms with van der Waals surface area (Å²) in [6.07, 6.45) is -0.734. The van der Waals surface area contributed by atoms with Crippen LogP contribution in [-0.2, 0) is 4.74 Å². The average molecular weight is 469 g/mol. The summed E-state index contributed by atoms with van der Waals surface area (Å²) in [5.74, 6) is -0.774. The van der Waals surface area contributed by atoms with Gasteiger partial charge in [-0.3, -0.25) is 4.79 Å². The van der Waals surface area contributed by atoms with Gasteiger partial charge in [-0.05, 0) is 79.6 Å². The lowest BCUT2D eigenvalue weighted by atomic mass is 9.96. The lowest BCUT2D eigenvalue weighted by Gasteiger charge is -2.23. The van der Waals surface area contributed by atoms with E-state index in [1.807, 2.05) is 0 Å². The highest BCUT2D eigenvalue weighted by Gasteiger charge is 2.27. The van der Waals surface area contributed by atoms with Gasteiger partial charge in [0.15, 0.2) is 5.78 Å². The summed E-state index contributed by atoms with van der Waals surface area (Å²) in [6.45, 7) is 6.83. The van der Waals surface area contributed by atoms with Gasteiger partial charge >= 0.3 is 6.09 Å². The number of hydrogen-bond donors (Lipinski definition) is 1. The van der Waals surface area contributed by atoms with E-state index in [4.69, 9.17) is 4.74 Å². The highest BCUT2D eigenvalue weighted by Crippen LogP contribution is 2.22. The number of carbonyl (C=O) groups is 2. The molecule has 0 aliphatic carbocycles. The Morgan fingerprint density at radius 2 is 1.73 bits per heavy atom. The van der Waals surface area contributed by atoms with Crippen molar-refractivity contribution in [3.63, 3.8) is 0 Å². The zero-order valence-corrected chi connectivity index (χ0v) is 17.3. The fraction of sp³-hybridized carbons (Fsp3) is 0.300. The maximum Gasteiger partial charge on any atom is 0.408 e. The van der Waals surface area contributed by atoms with Crippen molar-refractivity contribution in [1.82, 2.24) is 5.32 Å². The van der Waals surface area contributed by atoms with Gasteiger partial charge in [0.2, 0.25) is 0 Å². The molecule has 0 heterocycles. The molecule has 0 fully saturated rings. The molecule has 2 aromatic carbocycles. The standard InChI is InChI=1S/C20H21FINO3/c1-12-5-6-14(11-16(12)21)17(23-19(25)26-20(2,3)4)18(24)13-7-9-15(22)10-8-13/h5-11,17H,1-4H3,(H,23,25). The Bertz CT molecular complexity index is 813. The van der Waals surface area contributed by atoms with Crippen molar-refractivity contribution in [1.29, 1.82) is 0 Å². The summed E-state index contributed by atoms with van der Waals surface area (Å²) in [6, 6.07) is 10.4. The molecule has 4 nitrogen and oxygen atoms in total. The van der Waals surface area contributed by atoms with E-state index in [0.29, 0.717) is 16.7 Å². The summed E-state index contributed by atoms with van der Waals surface area (Å²) in [5, 5.41) is 2.57. The maximum absolute atomic E-state index is 14.0. The number of nitrogens with one attached hydrogen (secondary N) is 1. The zero-order valence-electron chi connectivity index (χ0n) is 15.1. The molecule has 1 unspecified atom stereocenters. The highest BCUT2D eigenvalue weighted by atomic mass is 127. The SMILES string of the molecule is Cc1ccc(C(NC(=O)OC(C)(C)C)C(=O)c2ccc(I)cc2)cc1F. The van der Waals surface area contributed by atoms with Crippen molar-refractivity contribution in [3.8, 4) is 0 Å². The Kier molecular flexibility index (Phi) is 6.39. The summed E-state index contributed by atoms with van der Waals surface area (Å²) < 4.78 is 20.2. The predicted molar refractivity (Wildman–Crippen MR) is 107 cm³/mol. The first-order chi connectivity index (χ1) is 12.1. The first-order valence-electron chi connectivity index (χ1n) is 8.12. The van der Waals surface area contributed by atoms with Gasteiger partial charge in [0.05, 0.1) is 0 Å². The molecular weight excluding hydrogens is 448 g/mol. The minimum absolute atomic E-state index is 0.337. The smallest absolute Gasteiger partial charge is 0.408 e. The van der Waals surface area contributed by atoms with E-state index in [1.165, 1.54) is 6.07 Å². The van der Waals surface area contributed by atoms with Crippen LogP contribution in [0.3, 0.4) is 0 Å². The molecule has 0 saturated carbocycles. The summed E-state index contributed by atoms with van der Waals surface area (Å²) in [7, 11) is 0. The Hall–Kier alpha value is -1.96. The van der Waals surface area contributed by atoms with Gasteiger partial charge < -0.3 is 10.1 Å². The highest BCUT2D eigenvalue weighted by molar-refractivity contribution is 14.1. The van der Waals surface area contributed by atoms with Crippen molar-refractivity contribution in [2.75, 3.05) is 0 Å². The van der Waals surface area contributed by atoms with Gasteiger partial charge in [-0.1, -0.05) is 24.3 Å². The van der Waals surface area contributed by atoms with Crippen LogP contribution in [0.1, 0.15) is 48.3 Å². The molecule has 0 spiro atoms. The second-order valence-electron chi connectivity index (χ2n) is 6.96. The molecule has 6 heteroatoms. The normalized spacial score (nSPS) is 12.4. The number of aryl methyl sites for hydroxylation is 1. The summed E-state index contributed by atoms with van der Waals surface area (Å²) in [5.41, 5.74) is 0.542. The first-order valence-corrected chi connectivity index (χ1v) is 9.20. The van der Waals surface area contributed by atoms with Crippen molar-refractivity contribution >= 4 is 34.5 Å². The fourth-order valence-corrected chi connectivity index (χ4v) is 2.65. The van der Waals surface area contributed by atoms with E-state index in [9.17, 15) is 14.0 Å². The van der Waals surface area contributed by atoms with Crippen LogP contribution in [0.25, 0.3) is 0 Å². The molecule has 26 heavy (non-hydrogen) atoms. The summed E-state index contributed by atoms with van der Waals surface area (Å²) in [4.78, 5) is 25.2. The number of alkyl carbamates (subject to hydrolysis) is 1. The lowest BCUT2D eigenvalue weighted by Crippen LogP contribution is -2.38. The van der Waals surface area contributed by atoms with E-state index >= 15 is 0 Å². The third-order valence-corrected chi connectivity index (χ3v) is 4.30. The van der Waals surface area contributed by atoms with Crippen LogP contribution in [0.4, 0.5) is 9.18 Å². The largest absolute Gasteiger partial charge is 0.444 e. The zero-order chi connectivity index (χ0) is 19.5. The predicted octanol–water partition coefficient (Wildman–Crippen LogP) is 5.19. The van der Waals surface area contributed by atoms with Crippen LogP contribution in [0.15, 0.2) is 42.5 Å². The number of ketones is 1. The van der Waals surface area contributed by atoms with Gasteiger partial charge in [-0.2, -0.15) is 0 Å². The van der Waals surface area contributed by atoms with E-state index in [2.05, 4.69) is 27.9 Å². The van der Waals surface area contributed by atoms with Crippen LogP contribution in [0.5, 0.6) is 0 Å². The molecule has 0 aliphatic rings. The number of ether oxygens (including phenoxy) is 1. The quantitative estimate of drug-likeness (QED) is 0.496. The Morgan fingerprint density at radius 3 is 2.27 bits per heavy atom. The van der Waals surface area contributed by atoms with Crippen LogP contribution >= 0.6 is 22.6 Å². The third kappa shape index (κ3) is 5.52. The topological polar surface area (TPSA) is 55.4 Å². The lowest BCUT2D eigenvalue weighted by molar-refractivity contribution is 0.0490.